The van der Waals surface area contributed by atoms with E-state index in [1.54, 1.807) is 6.07 Å². The van der Waals surface area contributed by atoms with E-state index in [4.69, 9.17) is 28.3 Å². The van der Waals surface area contributed by atoms with Gasteiger partial charge in [0.15, 0.2) is 0 Å². The molecule has 1 aliphatic carbocycles. The Kier molecular flexibility index (Phi) is 2.50. The van der Waals surface area contributed by atoms with E-state index in [0.29, 0.717) is 21.9 Å². The van der Waals surface area contributed by atoms with Crippen LogP contribution in [0, 0.1) is 5.92 Å². The predicted octanol–water partition coefficient (Wildman–Crippen LogP) is 3.09. The molecule has 0 amide bonds. The van der Waals surface area contributed by atoms with Crippen LogP contribution in [0.4, 0.5) is 0 Å². The molecule has 1 aliphatic rings. The zero-order chi connectivity index (χ0) is 9.42. The Labute approximate surface area is 87.3 Å². The Morgan fingerprint density at radius 3 is 2.69 bits per heavy atom. The van der Waals surface area contributed by atoms with Gasteiger partial charge in [-0.2, -0.15) is 0 Å². The first-order valence-electron chi connectivity index (χ1n) is 4.28. The molecule has 2 atom stereocenters. The first-order valence-corrected chi connectivity index (χ1v) is 5.03. The van der Waals surface area contributed by atoms with Crippen molar-refractivity contribution < 1.29 is 5.11 Å². The average molecular weight is 217 g/mol. The van der Waals surface area contributed by atoms with Crippen LogP contribution in [0.1, 0.15) is 17.9 Å². The van der Waals surface area contributed by atoms with Gasteiger partial charge in [-0.05, 0) is 36.0 Å². The van der Waals surface area contributed by atoms with Gasteiger partial charge in [0.2, 0.25) is 0 Å². The molecule has 70 valence electrons. The Balaban J connectivity index is 2.22. The molecule has 1 aromatic carbocycles. The summed E-state index contributed by atoms with van der Waals surface area (Å²) < 4.78 is 0. The van der Waals surface area contributed by atoms with Crippen LogP contribution >= 0.6 is 23.2 Å². The number of hydrogen-bond donors (Lipinski definition) is 1. The van der Waals surface area contributed by atoms with Crippen molar-refractivity contribution in [1.82, 2.24) is 0 Å². The number of hydrogen-bond acceptors (Lipinski definition) is 1. The standard InChI is InChI=1S/C10H10Cl2O/c11-7-1-2-8(10(12)4-7)9-3-6(9)5-13/h1-2,4,6,9,13H,3,5H2/t6-,9+/m1/s1. The summed E-state index contributed by atoms with van der Waals surface area (Å²) in [4.78, 5) is 0. The van der Waals surface area contributed by atoms with Gasteiger partial charge in [0, 0.05) is 16.7 Å². The second-order valence-electron chi connectivity index (χ2n) is 3.45. The van der Waals surface area contributed by atoms with Crippen molar-refractivity contribution in [3.8, 4) is 0 Å². The molecular formula is C10H10Cl2O. The fraction of sp³-hybridized carbons (Fsp3) is 0.400. The van der Waals surface area contributed by atoms with E-state index in [1.165, 1.54) is 0 Å². The molecule has 13 heavy (non-hydrogen) atoms. The molecule has 0 aromatic heterocycles. The Hall–Kier alpha value is -0.240. The highest BCUT2D eigenvalue weighted by molar-refractivity contribution is 6.35. The zero-order valence-electron chi connectivity index (χ0n) is 7.00. The van der Waals surface area contributed by atoms with Crippen molar-refractivity contribution in [3.63, 3.8) is 0 Å². The summed E-state index contributed by atoms with van der Waals surface area (Å²) in [6, 6.07) is 5.55. The second kappa shape index (κ2) is 3.49. The molecule has 0 aliphatic heterocycles. The summed E-state index contributed by atoms with van der Waals surface area (Å²) in [6.45, 7) is 0.254. The maximum atomic E-state index is 8.91. The summed E-state index contributed by atoms with van der Waals surface area (Å²) in [5.41, 5.74) is 1.12. The monoisotopic (exact) mass is 216 g/mol. The predicted molar refractivity (Wildman–Crippen MR) is 54.4 cm³/mol. The lowest BCUT2D eigenvalue weighted by atomic mass is 10.1. The van der Waals surface area contributed by atoms with Gasteiger partial charge in [-0.25, -0.2) is 0 Å². The molecule has 1 N–H and O–H groups in total. The van der Waals surface area contributed by atoms with Gasteiger partial charge in [-0.1, -0.05) is 29.3 Å². The molecule has 2 rings (SSSR count). The van der Waals surface area contributed by atoms with E-state index in [1.807, 2.05) is 12.1 Å². The van der Waals surface area contributed by atoms with Crippen molar-refractivity contribution in [2.24, 2.45) is 5.92 Å². The van der Waals surface area contributed by atoms with Crippen molar-refractivity contribution in [2.45, 2.75) is 12.3 Å². The third-order valence-electron chi connectivity index (χ3n) is 2.52. The zero-order valence-corrected chi connectivity index (χ0v) is 8.52. The molecule has 0 spiro atoms. The first kappa shape index (κ1) is 9.32. The van der Waals surface area contributed by atoms with Crippen LogP contribution in [0.15, 0.2) is 18.2 Å². The van der Waals surface area contributed by atoms with E-state index in [2.05, 4.69) is 0 Å². The number of benzene rings is 1. The maximum absolute atomic E-state index is 8.91. The smallest absolute Gasteiger partial charge is 0.0465 e. The fourth-order valence-electron chi connectivity index (χ4n) is 1.63. The van der Waals surface area contributed by atoms with Gasteiger partial charge in [0.25, 0.3) is 0 Å². The summed E-state index contributed by atoms with van der Waals surface area (Å²) in [7, 11) is 0. The number of halogens is 2. The van der Waals surface area contributed by atoms with Gasteiger partial charge in [0.05, 0.1) is 0 Å². The maximum Gasteiger partial charge on any atom is 0.0465 e. The second-order valence-corrected chi connectivity index (χ2v) is 4.29. The van der Waals surface area contributed by atoms with Crippen LogP contribution in [0.25, 0.3) is 0 Å². The molecule has 1 saturated carbocycles. The summed E-state index contributed by atoms with van der Waals surface area (Å²) in [6.07, 6.45) is 1.04. The Morgan fingerprint density at radius 1 is 1.38 bits per heavy atom. The van der Waals surface area contributed by atoms with Gasteiger partial charge in [0.1, 0.15) is 0 Å². The van der Waals surface area contributed by atoms with Crippen LogP contribution in [-0.4, -0.2) is 11.7 Å². The SMILES string of the molecule is OC[C@H]1C[C@@H]1c1ccc(Cl)cc1Cl. The van der Waals surface area contributed by atoms with E-state index >= 15 is 0 Å². The molecule has 0 bridgehead atoms. The van der Waals surface area contributed by atoms with E-state index < -0.39 is 0 Å². The van der Waals surface area contributed by atoms with Crippen LogP contribution in [-0.2, 0) is 0 Å². The van der Waals surface area contributed by atoms with Crippen LogP contribution in [0.5, 0.6) is 0 Å². The molecule has 0 radical (unpaired) electrons. The number of rotatable bonds is 2. The number of aliphatic hydroxyl groups is 1. The number of aliphatic hydroxyl groups excluding tert-OH is 1. The minimum atomic E-state index is 0.254. The molecule has 1 nitrogen and oxygen atoms in total. The average Bonchev–Trinajstić information content (AvgIpc) is 2.83. The molecule has 0 saturated heterocycles. The summed E-state index contributed by atoms with van der Waals surface area (Å²) >= 11 is 11.8. The third-order valence-corrected chi connectivity index (χ3v) is 3.08. The first-order chi connectivity index (χ1) is 6.22. The molecule has 3 heteroatoms. The molecule has 0 heterocycles. The minimum absolute atomic E-state index is 0.254. The minimum Gasteiger partial charge on any atom is -0.396 e. The van der Waals surface area contributed by atoms with Crippen molar-refractivity contribution in [3.05, 3.63) is 33.8 Å². The van der Waals surface area contributed by atoms with Gasteiger partial charge >= 0.3 is 0 Å². The van der Waals surface area contributed by atoms with Crippen LogP contribution < -0.4 is 0 Å². The summed E-state index contributed by atoms with van der Waals surface area (Å²) in [5, 5.41) is 10.3. The molecule has 0 unspecified atom stereocenters. The third kappa shape index (κ3) is 1.83. The highest BCUT2D eigenvalue weighted by Gasteiger charge is 2.38. The normalized spacial score (nSPS) is 26.1. The van der Waals surface area contributed by atoms with Gasteiger partial charge in [-0.15, -0.1) is 0 Å². The molecule has 1 aromatic rings. The van der Waals surface area contributed by atoms with E-state index in [-0.39, 0.29) is 6.61 Å². The van der Waals surface area contributed by atoms with E-state index in [9.17, 15) is 0 Å². The topological polar surface area (TPSA) is 20.2 Å². The van der Waals surface area contributed by atoms with E-state index in [0.717, 1.165) is 12.0 Å². The van der Waals surface area contributed by atoms with Crippen molar-refractivity contribution >= 4 is 23.2 Å². The lowest BCUT2D eigenvalue weighted by molar-refractivity contribution is 0.274. The van der Waals surface area contributed by atoms with Crippen LogP contribution in [0.3, 0.4) is 0 Å². The largest absolute Gasteiger partial charge is 0.396 e. The molecule has 1 fully saturated rings. The lowest BCUT2D eigenvalue weighted by Crippen LogP contribution is -1.89. The Morgan fingerprint density at radius 2 is 2.15 bits per heavy atom. The highest BCUT2D eigenvalue weighted by atomic mass is 35.5. The highest BCUT2D eigenvalue weighted by Crippen LogP contribution is 2.49. The summed E-state index contributed by atoms with van der Waals surface area (Å²) in [5.74, 6) is 0.841. The van der Waals surface area contributed by atoms with Crippen LogP contribution in [0.2, 0.25) is 10.0 Å². The molecular weight excluding hydrogens is 207 g/mol. The van der Waals surface area contributed by atoms with Gasteiger partial charge < -0.3 is 5.11 Å². The van der Waals surface area contributed by atoms with Gasteiger partial charge in [-0.3, -0.25) is 0 Å². The lowest BCUT2D eigenvalue weighted by Gasteiger charge is -2.02. The Bertz CT molecular complexity index is 325. The quantitative estimate of drug-likeness (QED) is 0.806. The fourth-order valence-corrected chi connectivity index (χ4v) is 2.18. The van der Waals surface area contributed by atoms with Crippen molar-refractivity contribution in [1.29, 1.82) is 0 Å². The van der Waals surface area contributed by atoms with Crippen molar-refractivity contribution in [2.75, 3.05) is 6.61 Å².